The SMILES string of the molecule is C=CCc1cc(C)cc(C(C)=O)c1OC. The summed E-state index contributed by atoms with van der Waals surface area (Å²) >= 11 is 0. The van der Waals surface area contributed by atoms with Gasteiger partial charge < -0.3 is 4.74 Å². The van der Waals surface area contributed by atoms with Crippen molar-refractivity contribution in [2.75, 3.05) is 7.11 Å². The van der Waals surface area contributed by atoms with E-state index in [0.29, 0.717) is 17.7 Å². The van der Waals surface area contributed by atoms with Gasteiger partial charge in [-0.25, -0.2) is 0 Å². The van der Waals surface area contributed by atoms with E-state index in [-0.39, 0.29) is 5.78 Å². The first-order valence-electron chi connectivity index (χ1n) is 4.89. The van der Waals surface area contributed by atoms with E-state index in [2.05, 4.69) is 6.58 Å². The van der Waals surface area contributed by atoms with Gasteiger partial charge in [0.25, 0.3) is 0 Å². The van der Waals surface area contributed by atoms with Crippen LogP contribution in [0.3, 0.4) is 0 Å². The van der Waals surface area contributed by atoms with Gasteiger partial charge in [-0.3, -0.25) is 4.79 Å². The van der Waals surface area contributed by atoms with Crippen molar-refractivity contribution in [3.8, 4) is 5.75 Å². The van der Waals surface area contributed by atoms with Crippen molar-refractivity contribution >= 4 is 5.78 Å². The number of aryl methyl sites for hydroxylation is 1. The lowest BCUT2D eigenvalue weighted by Gasteiger charge is -2.12. The summed E-state index contributed by atoms with van der Waals surface area (Å²) in [4.78, 5) is 11.4. The topological polar surface area (TPSA) is 26.3 Å². The van der Waals surface area contributed by atoms with Gasteiger partial charge in [0, 0.05) is 0 Å². The minimum absolute atomic E-state index is 0.0286. The fourth-order valence-electron chi connectivity index (χ4n) is 1.66. The molecule has 0 radical (unpaired) electrons. The Morgan fingerprint density at radius 1 is 1.53 bits per heavy atom. The third-order valence-corrected chi connectivity index (χ3v) is 2.26. The lowest BCUT2D eigenvalue weighted by molar-refractivity contribution is 0.101. The zero-order valence-electron chi connectivity index (χ0n) is 9.46. The molecular weight excluding hydrogens is 188 g/mol. The van der Waals surface area contributed by atoms with Gasteiger partial charge in [0.15, 0.2) is 5.78 Å². The average Bonchev–Trinajstić information content (AvgIpc) is 2.17. The van der Waals surface area contributed by atoms with Crippen LogP contribution in [0.2, 0.25) is 0 Å². The molecule has 0 N–H and O–H groups in total. The van der Waals surface area contributed by atoms with Gasteiger partial charge in [-0.05, 0) is 37.5 Å². The molecule has 0 aliphatic carbocycles. The minimum atomic E-state index is 0.0286. The van der Waals surface area contributed by atoms with Crippen LogP contribution in [0.25, 0.3) is 0 Å². The van der Waals surface area contributed by atoms with Crippen molar-refractivity contribution in [2.24, 2.45) is 0 Å². The molecule has 0 heterocycles. The molecule has 0 atom stereocenters. The van der Waals surface area contributed by atoms with E-state index in [1.807, 2.05) is 19.1 Å². The van der Waals surface area contributed by atoms with Crippen LogP contribution in [0.15, 0.2) is 24.8 Å². The van der Waals surface area contributed by atoms with E-state index in [1.54, 1.807) is 20.1 Å². The van der Waals surface area contributed by atoms with Crippen molar-refractivity contribution < 1.29 is 9.53 Å². The van der Waals surface area contributed by atoms with Gasteiger partial charge in [0.2, 0.25) is 0 Å². The number of rotatable bonds is 4. The van der Waals surface area contributed by atoms with E-state index in [4.69, 9.17) is 4.74 Å². The van der Waals surface area contributed by atoms with Crippen LogP contribution in [0.1, 0.15) is 28.4 Å². The number of Topliss-reactive ketones (excluding diaryl/α,β-unsaturated/α-hetero) is 1. The van der Waals surface area contributed by atoms with Crippen LogP contribution in [-0.4, -0.2) is 12.9 Å². The second kappa shape index (κ2) is 4.78. The molecule has 2 nitrogen and oxygen atoms in total. The first-order chi connectivity index (χ1) is 7.10. The van der Waals surface area contributed by atoms with Crippen molar-refractivity contribution in [2.45, 2.75) is 20.3 Å². The molecule has 0 saturated carbocycles. The second-order valence-electron chi connectivity index (χ2n) is 3.55. The van der Waals surface area contributed by atoms with Crippen molar-refractivity contribution in [3.63, 3.8) is 0 Å². The zero-order chi connectivity index (χ0) is 11.4. The first kappa shape index (κ1) is 11.5. The predicted molar refractivity (Wildman–Crippen MR) is 61.6 cm³/mol. The summed E-state index contributed by atoms with van der Waals surface area (Å²) in [6.07, 6.45) is 2.52. The highest BCUT2D eigenvalue weighted by molar-refractivity contribution is 5.97. The number of carbonyl (C=O) groups is 1. The number of methoxy groups -OCH3 is 1. The maximum Gasteiger partial charge on any atom is 0.163 e. The molecule has 1 rings (SSSR count). The molecule has 0 bridgehead atoms. The standard InChI is InChI=1S/C13H16O2/c1-5-6-11-7-9(2)8-12(10(3)14)13(11)15-4/h5,7-8H,1,6H2,2-4H3. The van der Waals surface area contributed by atoms with Crippen molar-refractivity contribution in [3.05, 3.63) is 41.5 Å². The Labute approximate surface area is 90.6 Å². The molecule has 0 aliphatic rings. The van der Waals surface area contributed by atoms with Crippen molar-refractivity contribution in [1.29, 1.82) is 0 Å². The summed E-state index contributed by atoms with van der Waals surface area (Å²) in [6.45, 7) is 7.22. The Morgan fingerprint density at radius 3 is 2.67 bits per heavy atom. The number of carbonyl (C=O) groups excluding carboxylic acids is 1. The Bertz CT molecular complexity index is 392. The minimum Gasteiger partial charge on any atom is -0.496 e. The molecule has 0 aliphatic heterocycles. The number of hydrogen-bond donors (Lipinski definition) is 0. The molecule has 0 amide bonds. The van der Waals surface area contributed by atoms with Gasteiger partial charge in [-0.15, -0.1) is 6.58 Å². The third-order valence-electron chi connectivity index (χ3n) is 2.26. The summed E-state index contributed by atoms with van der Waals surface area (Å²) in [7, 11) is 1.59. The highest BCUT2D eigenvalue weighted by Gasteiger charge is 2.12. The van der Waals surface area contributed by atoms with Crippen LogP contribution >= 0.6 is 0 Å². The predicted octanol–water partition coefficient (Wildman–Crippen LogP) is 2.93. The molecule has 0 aromatic heterocycles. The number of ether oxygens (including phenoxy) is 1. The van der Waals surface area contributed by atoms with Gasteiger partial charge in [0.1, 0.15) is 5.75 Å². The number of ketones is 1. The number of allylic oxidation sites excluding steroid dienone is 1. The summed E-state index contributed by atoms with van der Waals surface area (Å²) in [5, 5.41) is 0. The third kappa shape index (κ3) is 2.46. The largest absolute Gasteiger partial charge is 0.496 e. The summed E-state index contributed by atoms with van der Waals surface area (Å²) in [5.41, 5.74) is 2.73. The van der Waals surface area contributed by atoms with Gasteiger partial charge >= 0.3 is 0 Å². The van der Waals surface area contributed by atoms with E-state index < -0.39 is 0 Å². The Hall–Kier alpha value is -1.57. The highest BCUT2D eigenvalue weighted by atomic mass is 16.5. The molecule has 0 spiro atoms. The molecule has 0 fully saturated rings. The van der Waals surface area contributed by atoms with E-state index in [9.17, 15) is 4.79 Å². The van der Waals surface area contributed by atoms with E-state index in [0.717, 1.165) is 11.1 Å². The molecule has 2 heteroatoms. The van der Waals surface area contributed by atoms with Crippen LogP contribution in [0, 0.1) is 6.92 Å². The van der Waals surface area contributed by atoms with Crippen LogP contribution in [0.4, 0.5) is 0 Å². The molecule has 0 unspecified atom stereocenters. The summed E-state index contributed by atoms with van der Waals surface area (Å²) in [6, 6.07) is 3.88. The fraction of sp³-hybridized carbons (Fsp3) is 0.308. The number of hydrogen-bond acceptors (Lipinski definition) is 2. The molecule has 15 heavy (non-hydrogen) atoms. The number of benzene rings is 1. The Balaban J connectivity index is 3.37. The van der Waals surface area contributed by atoms with Gasteiger partial charge in [-0.1, -0.05) is 12.1 Å². The maximum atomic E-state index is 11.4. The van der Waals surface area contributed by atoms with E-state index >= 15 is 0 Å². The summed E-state index contributed by atoms with van der Waals surface area (Å²) < 4.78 is 5.28. The smallest absolute Gasteiger partial charge is 0.163 e. The fourth-order valence-corrected chi connectivity index (χ4v) is 1.66. The Morgan fingerprint density at radius 2 is 2.20 bits per heavy atom. The quantitative estimate of drug-likeness (QED) is 0.556. The van der Waals surface area contributed by atoms with E-state index in [1.165, 1.54) is 0 Å². The lowest BCUT2D eigenvalue weighted by Crippen LogP contribution is -2.02. The lowest BCUT2D eigenvalue weighted by atomic mass is 10.0. The van der Waals surface area contributed by atoms with Crippen LogP contribution in [-0.2, 0) is 6.42 Å². The monoisotopic (exact) mass is 204 g/mol. The van der Waals surface area contributed by atoms with Crippen molar-refractivity contribution in [1.82, 2.24) is 0 Å². The second-order valence-corrected chi connectivity index (χ2v) is 3.55. The molecule has 1 aromatic rings. The summed E-state index contributed by atoms with van der Waals surface area (Å²) in [5.74, 6) is 0.703. The van der Waals surface area contributed by atoms with Crippen LogP contribution < -0.4 is 4.74 Å². The van der Waals surface area contributed by atoms with Gasteiger partial charge in [-0.2, -0.15) is 0 Å². The Kier molecular flexibility index (Phi) is 3.67. The van der Waals surface area contributed by atoms with Crippen LogP contribution in [0.5, 0.6) is 5.75 Å². The molecule has 0 saturated heterocycles. The van der Waals surface area contributed by atoms with Gasteiger partial charge in [0.05, 0.1) is 12.7 Å². The molecule has 1 aromatic carbocycles. The maximum absolute atomic E-state index is 11.4. The normalized spacial score (nSPS) is 9.80. The zero-order valence-corrected chi connectivity index (χ0v) is 9.46. The highest BCUT2D eigenvalue weighted by Crippen LogP contribution is 2.26. The molecule has 80 valence electrons. The molecular formula is C13H16O2. The first-order valence-corrected chi connectivity index (χ1v) is 4.89. The average molecular weight is 204 g/mol.